The van der Waals surface area contributed by atoms with Crippen LogP contribution >= 0.6 is 0 Å². The number of aliphatic hydroxyl groups is 1. The summed E-state index contributed by atoms with van der Waals surface area (Å²) in [5.74, 6) is -1.37. The summed E-state index contributed by atoms with van der Waals surface area (Å²) in [6, 6.07) is 3.12. The minimum absolute atomic E-state index is 0.000602. The first-order valence-corrected chi connectivity index (χ1v) is 4.69. The Morgan fingerprint density at radius 1 is 1.33 bits per heavy atom. The van der Waals surface area contributed by atoms with Crippen molar-refractivity contribution in [1.82, 2.24) is 0 Å². The van der Waals surface area contributed by atoms with Crippen molar-refractivity contribution in [3.8, 4) is 5.75 Å². The van der Waals surface area contributed by atoms with Gasteiger partial charge in [0.15, 0.2) is 11.6 Å². The fourth-order valence-electron chi connectivity index (χ4n) is 1.00. The molecule has 2 nitrogen and oxygen atoms in total. The molecule has 0 saturated heterocycles. The first-order chi connectivity index (χ1) is 6.88. The molecule has 1 aromatic rings. The average molecular weight is 216 g/mol. The summed E-state index contributed by atoms with van der Waals surface area (Å²) in [4.78, 5) is 0. The Morgan fingerprint density at radius 3 is 2.53 bits per heavy atom. The van der Waals surface area contributed by atoms with E-state index >= 15 is 0 Å². The van der Waals surface area contributed by atoms with Crippen LogP contribution < -0.4 is 4.74 Å². The highest BCUT2D eigenvalue weighted by atomic mass is 19.1. The molecular formula is C11H14F2O2. The first-order valence-electron chi connectivity index (χ1n) is 4.69. The third kappa shape index (κ3) is 4.25. The Morgan fingerprint density at radius 2 is 2.00 bits per heavy atom. The zero-order valence-electron chi connectivity index (χ0n) is 8.76. The van der Waals surface area contributed by atoms with Crippen LogP contribution in [-0.4, -0.2) is 17.3 Å². The van der Waals surface area contributed by atoms with Crippen molar-refractivity contribution >= 4 is 0 Å². The average Bonchev–Trinajstić information content (AvgIpc) is 2.07. The summed E-state index contributed by atoms with van der Waals surface area (Å²) < 4.78 is 30.6. The van der Waals surface area contributed by atoms with Crippen molar-refractivity contribution < 1.29 is 18.6 Å². The van der Waals surface area contributed by atoms with Crippen molar-refractivity contribution in [3.05, 3.63) is 29.8 Å². The van der Waals surface area contributed by atoms with E-state index in [4.69, 9.17) is 4.74 Å². The van der Waals surface area contributed by atoms with E-state index < -0.39 is 17.2 Å². The van der Waals surface area contributed by atoms with Crippen molar-refractivity contribution in [1.29, 1.82) is 0 Å². The normalized spacial score (nSPS) is 11.5. The van der Waals surface area contributed by atoms with Gasteiger partial charge >= 0.3 is 0 Å². The first kappa shape index (κ1) is 11.9. The van der Waals surface area contributed by atoms with Crippen LogP contribution in [0, 0.1) is 11.6 Å². The molecule has 0 atom stereocenters. The highest BCUT2D eigenvalue weighted by Crippen LogP contribution is 2.18. The van der Waals surface area contributed by atoms with E-state index in [1.54, 1.807) is 13.8 Å². The summed E-state index contributed by atoms with van der Waals surface area (Å²) in [5, 5.41) is 9.38. The maximum Gasteiger partial charge on any atom is 0.167 e. The Hall–Kier alpha value is -1.16. The highest BCUT2D eigenvalue weighted by molar-refractivity contribution is 5.24. The Balaban J connectivity index is 2.51. The van der Waals surface area contributed by atoms with Crippen molar-refractivity contribution in [2.24, 2.45) is 0 Å². The zero-order valence-corrected chi connectivity index (χ0v) is 8.76. The summed E-state index contributed by atoms with van der Waals surface area (Å²) in [6.07, 6.45) is 0.379. The van der Waals surface area contributed by atoms with Gasteiger partial charge in [-0.1, -0.05) is 0 Å². The van der Waals surface area contributed by atoms with Crippen LogP contribution in [0.3, 0.4) is 0 Å². The molecule has 0 aliphatic rings. The van der Waals surface area contributed by atoms with Crippen LogP contribution in [0.1, 0.15) is 20.3 Å². The lowest BCUT2D eigenvalue weighted by Gasteiger charge is -2.17. The lowest BCUT2D eigenvalue weighted by molar-refractivity contribution is 0.0547. The van der Waals surface area contributed by atoms with Crippen molar-refractivity contribution in [2.45, 2.75) is 25.9 Å². The molecular weight excluding hydrogens is 202 g/mol. The third-order valence-electron chi connectivity index (χ3n) is 1.87. The quantitative estimate of drug-likeness (QED) is 0.837. The minimum atomic E-state index is -0.851. The lowest BCUT2D eigenvalue weighted by atomic mass is 10.1. The molecule has 0 unspecified atom stereocenters. The van der Waals surface area contributed by atoms with Gasteiger partial charge in [-0.2, -0.15) is 0 Å². The predicted molar refractivity (Wildman–Crippen MR) is 52.8 cm³/mol. The maximum absolute atomic E-state index is 13.0. The molecule has 0 fully saturated rings. The largest absolute Gasteiger partial charge is 0.490 e. The van der Waals surface area contributed by atoms with Gasteiger partial charge in [0, 0.05) is 12.5 Å². The van der Waals surface area contributed by atoms with Crippen molar-refractivity contribution in [3.63, 3.8) is 0 Å². The number of hydrogen-bond acceptors (Lipinski definition) is 2. The fourth-order valence-corrected chi connectivity index (χ4v) is 1.00. The Labute approximate surface area is 87.5 Å². The minimum Gasteiger partial charge on any atom is -0.490 e. The molecule has 0 aliphatic heterocycles. The summed E-state index contributed by atoms with van der Waals surface area (Å²) in [7, 11) is 0. The number of halogens is 2. The topological polar surface area (TPSA) is 29.5 Å². The summed E-state index contributed by atoms with van der Waals surface area (Å²) in [5.41, 5.74) is -0.851. The molecule has 0 aromatic heterocycles. The monoisotopic (exact) mass is 216 g/mol. The van der Waals surface area contributed by atoms with Gasteiger partial charge in [-0.05, 0) is 26.0 Å². The summed E-state index contributed by atoms with van der Waals surface area (Å²) in [6.45, 7) is 3.46. The number of rotatable bonds is 4. The second-order valence-corrected chi connectivity index (χ2v) is 3.99. The van der Waals surface area contributed by atoms with E-state index in [2.05, 4.69) is 0 Å². The standard InChI is InChI=1S/C11H14F2O2/c1-11(2,14)5-6-15-10-4-3-8(12)7-9(10)13/h3-4,7,14H,5-6H2,1-2H3. The number of hydrogen-bond donors (Lipinski definition) is 1. The molecule has 0 aliphatic carbocycles. The molecule has 1 rings (SSSR count). The molecule has 0 heterocycles. The van der Waals surface area contributed by atoms with E-state index in [0.29, 0.717) is 6.42 Å². The van der Waals surface area contributed by atoms with Gasteiger partial charge in [0.1, 0.15) is 5.82 Å². The zero-order chi connectivity index (χ0) is 11.5. The molecule has 1 N–H and O–H groups in total. The van der Waals surface area contributed by atoms with Gasteiger partial charge in [0.2, 0.25) is 0 Å². The molecule has 0 radical (unpaired) electrons. The summed E-state index contributed by atoms with van der Waals surface area (Å²) >= 11 is 0. The molecule has 4 heteroatoms. The predicted octanol–water partition coefficient (Wildman–Crippen LogP) is 2.50. The van der Waals surface area contributed by atoms with Gasteiger partial charge in [0.05, 0.1) is 12.2 Å². The van der Waals surface area contributed by atoms with E-state index in [-0.39, 0.29) is 12.4 Å². The van der Waals surface area contributed by atoms with Gasteiger partial charge in [-0.25, -0.2) is 8.78 Å². The molecule has 0 amide bonds. The SMILES string of the molecule is CC(C)(O)CCOc1ccc(F)cc1F. The van der Waals surface area contributed by atoms with E-state index in [0.717, 1.165) is 12.1 Å². The molecule has 15 heavy (non-hydrogen) atoms. The fraction of sp³-hybridized carbons (Fsp3) is 0.455. The van der Waals surface area contributed by atoms with Gasteiger partial charge in [-0.15, -0.1) is 0 Å². The lowest BCUT2D eigenvalue weighted by Crippen LogP contribution is -2.21. The maximum atomic E-state index is 13.0. The van der Waals surface area contributed by atoms with Gasteiger partial charge in [0.25, 0.3) is 0 Å². The van der Waals surface area contributed by atoms with Crippen LogP contribution in [0.2, 0.25) is 0 Å². The van der Waals surface area contributed by atoms with Crippen LogP contribution in [0.5, 0.6) is 5.75 Å². The van der Waals surface area contributed by atoms with Gasteiger partial charge < -0.3 is 9.84 Å². The third-order valence-corrected chi connectivity index (χ3v) is 1.87. The molecule has 0 spiro atoms. The van der Waals surface area contributed by atoms with Crippen LogP contribution in [0.15, 0.2) is 18.2 Å². The molecule has 0 bridgehead atoms. The van der Waals surface area contributed by atoms with Crippen molar-refractivity contribution in [2.75, 3.05) is 6.61 Å². The second-order valence-electron chi connectivity index (χ2n) is 3.99. The van der Waals surface area contributed by atoms with Crippen LogP contribution in [0.25, 0.3) is 0 Å². The highest BCUT2D eigenvalue weighted by Gasteiger charge is 2.13. The molecule has 0 saturated carbocycles. The Kier molecular flexibility index (Phi) is 3.63. The second kappa shape index (κ2) is 4.57. The number of benzene rings is 1. The van der Waals surface area contributed by atoms with E-state index in [1.165, 1.54) is 6.07 Å². The smallest absolute Gasteiger partial charge is 0.167 e. The van der Waals surface area contributed by atoms with E-state index in [9.17, 15) is 13.9 Å². The van der Waals surface area contributed by atoms with Crippen LogP contribution in [0.4, 0.5) is 8.78 Å². The molecule has 84 valence electrons. The van der Waals surface area contributed by atoms with Gasteiger partial charge in [-0.3, -0.25) is 0 Å². The molecule has 1 aromatic carbocycles. The number of ether oxygens (including phenoxy) is 1. The van der Waals surface area contributed by atoms with E-state index in [1.807, 2.05) is 0 Å². The van der Waals surface area contributed by atoms with Crippen LogP contribution in [-0.2, 0) is 0 Å². The Bertz CT molecular complexity index is 332.